The number of Topliss-reactive ketones (excluding diaryl/α,β-unsaturated/α-hetero) is 1. The first kappa shape index (κ1) is 15.1. The van der Waals surface area contributed by atoms with Crippen LogP contribution < -0.4 is 0 Å². The molecule has 0 spiro atoms. The number of carbonyl (C=O) groups excluding carboxylic acids is 2. The molecule has 0 aromatic heterocycles. The van der Waals surface area contributed by atoms with E-state index in [9.17, 15) is 9.59 Å². The molecule has 0 saturated heterocycles. The Morgan fingerprint density at radius 1 is 1.42 bits per heavy atom. The van der Waals surface area contributed by atoms with Gasteiger partial charge >= 0.3 is 5.97 Å². The number of rotatable bonds is 5. The van der Waals surface area contributed by atoms with Gasteiger partial charge in [-0.3, -0.25) is 4.79 Å². The predicted molar refractivity (Wildman–Crippen MR) is 71.9 cm³/mol. The maximum Gasteiger partial charge on any atom is 0.338 e. The maximum absolute atomic E-state index is 11.6. The number of hydrogen-bond acceptors (Lipinski definition) is 5. The van der Waals surface area contributed by atoms with E-state index >= 15 is 0 Å². The molecule has 0 radical (unpaired) electrons. The molecule has 1 aromatic carbocycles. The van der Waals surface area contributed by atoms with Gasteiger partial charge in [-0.1, -0.05) is 15.9 Å². The van der Waals surface area contributed by atoms with Crippen LogP contribution in [0.1, 0.15) is 17.3 Å². The Hall–Kier alpha value is -2.00. The van der Waals surface area contributed by atoms with Gasteiger partial charge in [0.25, 0.3) is 0 Å². The highest BCUT2D eigenvalue weighted by molar-refractivity contribution is 9.10. The second-order valence-electron chi connectivity index (χ2n) is 3.79. The number of esters is 1. The van der Waals surface area contributed by atoms with Gasteiger partial charge in [-0.2, -0.15) is 5.26 Å². The number of hydrogen-bond donors (Lipinski definition) is 1. The van der Waals surface area contributed by atoms with Crippen LogP contribution in [0, 0.1) is 22.7 Å². The molecular weight excluding hydrogens is 312 g/mol. The third-order valence-corrected chi connectivity index (χ3v) is 2.84. The van der Waals surface area contributed by atoms with Gasteiger partial charge in [0, 0.05) is 10.2 Å². The van der Waals surface area contributed by atoms with Gasteiger partial charge in [0.05, 0.1) is 11.6 Å². The summed E-state index contributed by atoms with van der Waals surface area (Å²) in [5.41, 5.74) is 0.253. The first-order valence-corrected chi connectivity index (χ1v) is 6.15. The monoisotopic (exact) mass is 322 g/mol. The number of halogens is 1. The van der Waals surface area contributed by atoms with Crippen LogP contribution in [-0.2, 0) is 9.53 Å². The van der Waals surface area contributed by atoms with Crippen molar-refractivity contribution in [3.05, 3.63) is 34.3 Å². The number of nitrogens with zero attached hydrogens (tertiary/aromatic N) is 1. The van der Waals surface area contributed by atoms with Crippen LogP contribution in [0.4, 0.5) is 0 Å². The SMILES string of the molecule is CC(=N)C(C#N)C(=O)COC(=O)c1ccc(Br)cc1. The molecule has 0 fully saturated rings. The molecule has 1 N–H and O–H groups in total. The molecular formula is C13H11BrN2O3. The third kappa shape index (κ3) is 4.30. The lowest BCUT2D eigenvalue weighted by Gasteiger charge is -2.07. The molecule has 19 heavy (non-hydrogen) atoms. The predicted octanol–water partition coefficient (Wildman–Crippen LogP) is 2.35. The third-order valence-electron chi connectivity index (χ3n) is 2.31. The lowest BCUT2D eigenvalue weighted by molar-refractivity contribution is -0.122. The average molecular weight is 323 g/mol. The van der Waals surface area contributed by atoms with E-state index in [0.717, 1.165) is 4.47 Å². The second kappa shape index (κ2) is 6.81. The zero-order chi connectivity index (χ0) is 14.4. The number of benzene rings is 1. The number of ether oxygens (including phenoxy) is 1. The summed E-state index contributed by atoms with van der Waals surface area (Å²) in [6.07, 6.45) is 0. The summed E-state index contributed by atoms with van der Waals surface area (Å²) in [7, 11) is 0. The van der Waals surface area contributed by atoms with Crippen molar-refractivity contribution < 1.29 is 14.3 Å². The molecule has 1 rings (SSSR count). The number of nitrogens with one attached hydrogen (secondary N) is 1. The van der Waals surface area contributed by atoms with Gasteiger partial charge in [-0.05, 0) is 31.2 Å². The van der Waals surface area contributed by atoms with Crippen LogP contribution in [0.3, 0.4) is 0 Å². The normalized spacial score (nSPS) is 11.2. The Kier molecular flexibility index (Phi) is 5.39. The van der Waals surface area contributed by atoms with Crippen LogP contribution in [0.15, 0.2) is 28.7 Å². The molecule has 98 valence electrons. The van der Waals surface area contributed by atoms with Gasteiger partial charge in [0.2, 0.25) is 0 Å². The van der Waals surface area contributed by atoms with Crippen LogP contribution in [-0.4, -0.2) is 24.1 Å². The van der Waals surface area contributed by atoms with E-state index in [1.807, 2.05) is 0 Å². The molecule has 0 aliphatic rings. The largest absolute Gasteiger partial charge is 0.454 e. The Balaban J connectivity index is 2.60. The van der Waals surface area contributed by atoms with Crippen molar-refractivity contribution >= 4 is 33.4 Å². The Morgan fingerprint density at radius 2 is 2.00 bits per heavy atom. The summed E-state index contributed by atoms with van der Waals surface area (Å²) in [5.74, 6) is -2.39. The average Bonchev–Trinajstić information content (AvgIpc) is 2.37. The zero-order valence-corrected chi connectivity index (χ0v) is 11.7. The molecule has 5 nitrogen and oxygen atoms in total. The molecule has 0 amide bonds. The Bertz CT molecular complexity index is 546. The van der Waals surface area contributed by atoms with Gasteiger partial charge in [0.15, 0.2) is 12.4 Å². The molecule has 1 atom stereocenters. The molecule has 1 unspecified atom stereocenters. The van der Waals surface area contributed by atoms with Crippen LogP contribution >= 0.6 is 15.9 Å². The van der Waals surface area contributed by atoms with Gasteiger partial charge in [-0.15, -0.1) is 0 Å². The molecule has 0 heterocycles. The fourth-order valence-corrected chi connectivity index (χ4v) is 1.56. The minimum absolute atomic E-state index is 0.0628. The van der Waals surface area contributed by atoms with Crippen molar-refractivity contribution in [3.63, 3.8) is 0 Å². The van der Waals surface area contributed by atoms with E-state index in [1.165, 1.54) is 6.92 Å². The molecule has 6 heteroatoms. The van der Waals surface area contributed by atoms with E-state index < -0.39 is 24.3 Å². The van der Waals surface area contributed by atoms with Crippen LogP contribution in [0.25, 0.3) is 0 Å². The first-order valence-electron chi connectivity index (χ1n) is 5.35. The molecule has 0 saturated carbocycles. The highest BCUT2D eigenvalue weighted by Crippen LogP contribution is 2.11. The molecule has 0 aliphatic carbocycles. The Labute approximate surface area is 118 Å². The summed E-state index contributed by atoms with van der Waals surface area (Å²) in [6, 6.07) is 8.17. The standard InChI is InChI=1S/C13H11BrN2O3/c1-8(16)11(6-15)12(17)7-19-13(18)9-2-4-10(14)5-3-9/h2-5,11,16H,7H2,1H3. The summed E-state index contributed by atoms with van der Waals surface area (Å²) >= 11 is 3.24. The fourth-order valence-electron chi connectivity index (χ4n) is 1.30. The quantitative estimate of drug-likeness (QED) is 0.665. The highest BCUT2D eigenvalue weighted by atomic mass is 79.9. The minimum atomic E-state index is -1.15. The summed E-state index contributed by atoms with van der Waals surface area (Å²) in [6.45, 7) is 0.853. The zero-order valence-electron chi connectivity index (χ0n) is 10.1. The van der Waals surface area contributed by atoms with E-state index in [-0.39, 0.29) is 5.71 Å². The van der Waals surface area contributed by atoms with Crippen LogP contribution in [0.5, 0.6) is 0 Å². The lowest BCUT2D eigenvalue weighted by Crippen LogP contribution is -2.25. The van der Waals surface area contributed by atoms with E-state index in [0.29, 0.717) is 5.56 Å². The minimum Gasteiger partial charge on any atom is -0.454 e. The first-order chi connectivity index (χ1) is 8.95. The lowest BCUT2D eigenvalue weighted by atomic mass is 10.0. The number of carbonyl (C=O) groups is 2. The van der Waals surface area contributed by atoms with Crippen molar-refractivity contribution in [3.8, 4) is 6.07 Å². The van der Waals surface area contributed by atoms with Gasteiger partial charge in [-0.25, -0.2) is 4.79 Å². The molecule has 0 bridgehead atoms. The van der Waals surface area contributed by atoms with Gasteiger partial charge in [0.1, 0.15) is 5.92 Å². The van der Waals surface area contributed by atoms with Gasteiger partial charge < -0.3 is 10.1 Å². The van der Waals surface area contributed by atoms with E-state index in [4.69, 9.17) is 15.4 Å². The topological polar surface area (TPSA) is 91.0 Å². The number of nitriles is 1. The summed E-state index contributed by atoms with van der Waals surface area (Å²) in [4.78, 5) is 23.2. The van der Waals surface area contributed by atoms with E-state index in [2.05, 4.69) is 15.9 Å². The Morgan fingerprint density at radius 3 is 2.47 bits per heavy atom. The van der Waals surface area contributed by atoms with Crippen molar-refractivity contribution in [1.82, 2.24) is 0 Å². The van der Waals surface area contributed by atoms with Crippen molar-refractivity contribution in [2.45, 2.75) is 6.92 Å². The molecule has 1 aromatic rings. The van der Waals surface area contributed by atoms with Crippen LogP contribution in [0.2, 0.25) is 0 Å². The van der Waals surface area contributed by atoms with Crippen molar-refractivity contribution in [2.24, 2.45) is 5.92 Å². The molecule has 0 aliphatic heterocycles. The van der Waals surface area contributed by atoms with Crippen molar-refractivity contribution in [2.75, 3.05) is 6.61 Å². The smallest absolute Gasteiger partial charge is 0.338 e. The number of ketones is 1. The highest BCUT2D eigenvalue weighted by Gasteiger charge is 2.21. The van der Waals surface area contributed by atoms with E-state index in [1.54, 1.807) is 30.3 Å². The maximum atomic E-state index is 11.6. The fraction of sp³-hybridized carbons (Fsp3) is 0.231. The summed E-state index contributed by atoms with van der Waals surface area (Å²) < 4.78 is 5.63. The van der Waals surface area contributed by atoms with Crippen molar-refractivity contribution in [1.29, 1.82) is 10.7 Å². The summed E-state index contributed by atoms with van der Waals surface area (Å²) in [5, 5.41) is 16.0. The second-order valence-corrected chi connectivity index (χ2v) is 4.71.